The summed E-state index contributed by atoms with van der Waals surface area (Å²) < 4.78 is 0. The van der Waals surface area contributed by atoms with Gasteiger partial charge in [0.15, 0.2) is 0 Å². The zero-order valence-corrected chi connectivity index (χ0v) is 32.7. The third-order valence-corrected chi connectivity index (χ3v) is 14.1. The molecule has 4 aliphatic rings. The van der Waals surface area contributed by atoms with Crippen LogP contribution in [-0.2, 0) is 10.8 Å². The zero-order valence-electron chi connectivity index (χ0n) is 32.7. The van der Waals surface area contributed by atoms with E-state index in [1.54, 1.807) is 5.56 Å². The van der Waals surface area contributed by atoms with Crippen LogP contribution < -0.4 is 20.6 Å². The molecule has 11 rings (SSSR count). The Bertz CT molecular complexity index is 2670. The number of rotatable bonds is 3. The number of benzene rings is 7. The summed E-state index contributed by atoms with van der Waals surface area (Å²) in [6.45, 7) is 12.4. The van der Waals surface area contributed by atoms with E-state index in [-0.39, 0.29) is 23.2 Å². The topological polar surface area (TPSA) is 6.48 Å². The van der Waals surface area contributed by atoms with Gasteiger partial charge in [0.05, 0.1) is 5.54 Å². The molecule has 55 heavy (non-hydrogen) atoms. The van der Waals surface area contributed by atoms with E-state index in [0.29, 0.717) is 0 Å². The minimum absolute atomic E-state index is 0.00614. The molecule has 1 saturated carbocycles. The Hall–Kier alpha value is -5.54. The maximum atomic E-state index is 2.89. The van der Waals surface area contributed by atoms with Crippen molar-refractivity contribution in [3.05, 3.63) is 157 Å². The highest BCUT2D eigenvalue weighted by Crippen LogP contribution is 2.63. The van der Waals surface area contributed by atoms with Gasteiger partial charge in [-0.2, -0.15) is 0 Å². The molecule has 3 aliphatic heterocycles. The van der Waals surface area contributed by atoms with Gasteiger partial charge in [-0.1, -0.05) is 156 Å². The normalized spacial score (nSPS) is 20.6. The van der Waals surface area contributed by atoms with E-state index >= 15 is 0 Å². The van der Waals surface area contributed by atoms with Gasteiger partial charge in [-0.3, -0.25) is 0 Å². The van der Waals surface area contributed by atoms with Crippen molar-refractivity contribution in [3.8, 4) is 33.4 Å². The van der Waals surface area contributed by atoms with Crippen LogP contribution in [0.3, 0.4) is 0 Å². The molecule has 3 heteroatoms. The molecule has 0 aromatic heterocycles. The predicted molar refractivity (Wildman–Crippen MR) is 235 cm³/mol. The molecule has 1 aliphatic carbocycles. The molecule has 0 radical (unpaired) electrons. The number of hydrogen-bond acceptors (Lipinski definition) is 2. The van der Waals surface area contributed by atoms with E-state index in [9.17, 15) is 0 Å². The molecule has 0 amide bonds. The molecular formula is C52H47BN2. The first kappa shape index (κ1) is 32.9. The summed E-state index contributed by atoms with van der Waals surface area (Å²) in [7, 11) is 0. The minimum atomic E-state index is -0.0456. The highest BCUT2D eigenvalue weighted by atomic mass is 15.3. The fourth-order valence-corrected chi connectivity index (χ4v) is 11.0. The molecular weight excluding hydrogens is 663 g/mol. The van der Waals surface area contributed by atoms with Gasteiger partial charge >= 0.3 is 6.85 Å². The number of nitrogens with zero attached hydrogens (tertiary/aromatic N) is 2. The average Bonchev–Trinajstić information content (AvgIpc) is 3.42. The van der Waals surface area contributed by atoms with Crippen LogP contribution in [0, 0.1) is 0 Å². The standard InChI is InChI=1S/C52H47BN2/c1-50(2,3)39-32-44-49-45(33-39)53-47-43(31-38-20-12-13-21-41(38)48(47)54(49)52(5)29-15-14-28-51(44,52)4)42-30-37(35-18-10-7-11-19-35)24-27-46(42)55(53)40-25-22-36(23-26-40)34-16-8-6-9-17-34/h6-13,16-27,30-33H,14-15,28-29H2,1-5H3. The highest BCUT2D eigenvalue weighted by molar-refractivity contribution is 6.94. The van der Waals surface area contributed by atoms with Gasteiger partial charge in [-0.25, -0.2) is 0 Å². The second-order valence-electron chi connectivity index (χ2n) is 18.1. The molecule has 3 heterocycles. The molecule has 268 valence electrons. The molecule has 0 N–H and O–H groups in total. The second-order valence-corrected chi connectivity index (χ2v) is 18.1. The van der Waals surface area contributed by atoms with Gasteiger partial charge < -0.3 is 9.71 Å². The van der Waals surface area contributed by atoms with Gasteiger partial charge in [0.1, 0.15) is 0 Å². The van der Waals surface area contributed by atoms with Crippen LogP contribution in [0.1, 0.15) is 71.4 Å². The van der Waals surface area contributed by atoms with E-state index in [0.717, 1.165) is 0 Å². The lowest BCUT2D eigenvalue weighted by molar-refractivity contribution is 0.195. The van der Waals surface area contributed by atoms with E-state index in [4.69, 9.17) is 0 Å². The van der Waals surface area contributed by atoms with Gasteiger partial charge in [0.2, 0.25) is 0 Å². The fraction of sp³-hybridized carbons (Fsp3) is 0.231. The Balaban J connectivity index is 1.27. The first-order valence-electron chi connectivity index (χ1n) is 20.4. The Labute approximate surface area is 326 Å². The smallest absolute Gasteiger partial charge is 0.333 e. The summed E-state index contributed by atoms with van der Waals surface area (Å²) in [5.74, 6) is 0. The second kappa shape index (κ2) is 11.5. The van der Waals surface area contributed by atoms with Crippen molar-refractivity contribution in [2.24, 2.45) is 0 Å². The highest BCUT2D eigenvalue weighted by Gasteiger charge is 2.62. The van der Waals surface area contributed by atoms with Crippen LogP contribution in [-0.4, -0.2) is 12.4 Å². The number of fused-ring (bicyclic) bond motifs is 9. The molecule has 1 fully saturated rings. The lowest BCUT2D eigenvalue weighted by Gasteiger charge is -2.53. The predicted octanol–water partition coefficient (Wildman–Crippen LogP) is 12.5. The maximum absolute atomic E-state index is 2.89. The van der Waals surface area contributed by atoms with Crippen LogP contribution in [0.2, 0.25) is 0 Å². The van der Waals surface area contributed by atoms with Gasteiger partial charge in [0, 0.05) is 39.1 Å². The quantitative estimate of drug-likeness (QED) is 0.169. The summed E-state index contributed by atoms with van der Waals surface area (Å²) in [5.41, 5.74) is 18.9. The van der Waals surface area contributed by atoms with Crippen LogP contribution in [0.15, 0.2) is 146 Å². The van der Waals surface area contributed by atoms with E-state index in [2.05, 4.69) is 190 Å². The van der Waals surface area contributed by atoms with E-state index < -0.39 is 0 Å². The Morgan fingerprint density at radius 3 is 1.95 bits per heavy atom. The summed E-state index contributed by atoms with van der Waals surface area (Å²) in [4.78, 5) is 5.59. The minimum Gasteiger partial charge on any atom is -0.376 e. The molecule has 7 aromatic rings. The molecule has 0 spiro atoms. The Morgan fingerprint density at radius 1 is 0.582 bits per heavy atom. The maximum Gasteiger partial charge on any atom is 0.333 e. The molecule has 2 atom stereocenters. The van der Waals surface area contributed by atoms with Crippen molar-refractivity contribution in [3.63, 3.8) is 0 Å². The molecule has 2 unspecified atom stereocenters. The first-order valence-corrected chi connectivity index (χ1v) is 20.4. The zero-order chi connectivity index (χ0) is 37.3. The third kappa shape index (κ3) is 4.50. The van der Waals surface area contributed by atoms with E-state index in [1.165, 1.54) is 109 Å². The SMILES string of the molecule is CC(C)(C)c1cc2c3c(c1)C1(C)CCCCC1(C)N3c1c3c(cc4ccccc14)-c1cc(-c4ccccc4)ccc1N(c1ccc(-c4ccccc4)cc1)B23. The number of hydrogen-bond donors (Lipinski definition) is 0. The van der Waals surface area contributed by atoms with Crippen molar-refractivity contribution >= 4 is 51.3 Å². The first-order chi connectivity index (χ1) is 26.7. The van der Waals surface area contributed by atoms with Crippen molar-refractivity contribution in [1.29, 1.82) is 0 Å². The van der Waals surface area contributed by atoms with Crippen molar-refractivity contribution in [2.45, 2.75) is 76.7 Å². The van der Waals surface area contributed by atoms with Crippen molar-refractivity contribution in [1.82, 2.24) is 0 Å². The fourth-order valence-electron chi connectivity index (χ4n) is 11.0. The summed E-state index contributed by atoms with van der Waals surface area (Å²) in [6, 6.07) is 55.2. The molecule has 0 saturated heterocycles. The Kier molecular flexibility index (Phi) is 6.87. The lowest BCUT2D eigenvalue weighted by atomic mass is 9.42. The van der Waals surface area contributed by atoms with Gasteiger partial charge in [-0.15, -0.1) is 0 Å². The number of anilines is 4. The van der Waals surface area contributed by atoms with Crippen LogP contribution >= 0.6 is 0 Å². The molecule has 7 aromatic carbocycles. The molecule has 0 bridgehead atoms. The van der Waals surface area contributed by atoms with Crippen LogP contribution in [0.5, 0.6) is 0 Å². The summed E-state index contributed by atoms with van der Waals surface area (Å²) >= 11 is 0. The molecule has 2 nitrogen and oxygen atoms in total. The van der Waals surface area contributed by atoms with Crippen molar-refractivity contribution in [2.75, 3.05) is 9.71 Å². The monoisotopic (exact) mass is 710 g/mol. The van der Waals surface area contributed by atoms with Crippen LogP contribution in [0.25, 0.3) is 44.2 Å². The van der Waals surface area contributed by atoms with Crippen molar-refractivity contribution < 1.29 is 0 Å². The third-order valence-electron chi connectivity index (χ3n) is 14.1. The van der Waals surface area contributed by atoms with Gasteiger partial charge in [-0.05, 0) is 111 Å². The summed E-state index contributed by atoms with van der Waals surface area (Å²) in [5, 5.41) is 2.68. The van der Waals surface area contributed by atoms with Gasteiger partial charge in [0.25, 0.3) is 0 Å². The largest absolute Gasteiger partial charge is 0.376 e. The van der Waals surface area contributed by atoms with Crippen LogP contribution in [0.4, 0.5) is 22.7 Å². The Morgan fingerprint density at radius 2 is 1.22 bits per heavy atom. The summed E-state index contributed by atoms with van der Waals surface area (Å²) in [6.07, 6.45) is 4.93. The lowest BCUT2D eigenvalue weighted by Crippen LogP contribution is -2.64. The van der Waals surface area contributed by atoms with E-state index in [1.807, 2.05) is 0 Å². The average molecular weight is 711 g/mol.